The molecule has 3 heterocycles. The van der Waals surface area contributed by atoms with Crippen LogP contribution in [-0.4, -0.2) is 73.7 Å². The van der Waals surface area contributed by atoms with Crippen molar-refractivity contribution < 1.29 is 14.3 Å². The number of para-hydroxylation sites is 2. The summed E-state index contributed by atoms with van der Waals surface area (Å²) in [6.45, 7) is 7.87. The number of rotatable bonds is 5. The standard InChI is InChI=1S/C23H34N4O3/c1-2-19-17-27(20-7-3-4-8-21(20)30-19)23(29)26-14-9-18(10-15-26)22(28)24-11-16-25-12-5-6-13-25/h3-4,7-8,18-19H,2,5-6,9-17H2,1H3,(H,24,28)/t19-/m1/s1. The zero-order valence-electron chi connectivity index (χ0n) is 18.0. The van der Waals surface area contributed by atoms with Gasteiger partial charge in [0.25, 0.3) is 0 Å². The van der Waals surface area contributed by atoms with Gasteiger partial charge in [-0.25, -0.2) is 4.79 Å². The molecule has 2 saturated heterocycles. The number of hydrogen-bond donors (Lipinski definition) is 1. The van der Waals surface area contributed by atoms with Gasteiger partial charge in [-0.2, -0.15) is 0 Å². The number of piperidine rings is 1. The number of carbonyl (C=O) groups is 2. The maximum Gasteiger partial charge on any atom is 0.324 e. The first-order valence-corrected chi connectivity index (χ1v) is 11.5. The molecule has 0 aromatic heterocycles. The number of nitrogens with one attached hydrogen (secondary N) is 1. The molecule has 2 fully saturated rings. The van der Waals surface area contributed by atoms with Crippen LogP contribution in [0.15, 0.2) is 24.3 Å². The van der Waals surface area contributed by atoms with Crippen LogP contribution in [0.4, 0.5) is 10.5 Å². The first kappa shape index (κ1) is 21.0. The molecular weight excluding hydrogens is 380 g/mol. The van der Waals surface area contributed by atoms with Crippen molar-refractivity contribution in [3.8, 4) is 5.75 Å². The maximum absolute atomic E-state index is 13.3. The second kappa shape index (κ2) is 9.69. The van der Waals surface area contributed by atoms with E-state index in [0.717, 1.165) is 56.9 Å². The quantitative estimate of drug-likeness (QED) is 0.805. The number of nitrogens with zero attached hydrogens (tertiary/aromatic N) is 3. The molecule has 0 aliphatic carbocycles. The fraction of sp³-hybridized carbons (Fsp3) is 0.652. The average Bonchev–Trinajstić information content (AvgIpc) is 3.31. The van der Waals surface area contributed by atoms with Crippen LogP contribution >= 0.6 is 0 Å². The van der Waals surface area contributed by atoms with Crippen LogP contribution in [0.2, 0.25) is 0 Å². The second-order valence-corrected chi connectivity index (χ2v) is 8.61. The Morgan fingerprint density at radius 3 is 2.57 bits per heavy atom. The number of hydrogen-bond acceptors (Lipinski definition) is 4. The number of ether oxygens (including phenoxy) is 1. The third-order valence-electron chi connectivity index (χ3n) is 6.58. The lowest BCUT2D eigenvalue weighted by Gasteiger charge is -2.39. The number of fused-ring (bicyclic) bond motifs is 1. The molecule has 0 saturated carbocycles. The summed E-state index contributed by atoms with van der Waals surface area (Å²) < 4.78 is 6.00. The molecule has 0 radical (unpaired) electrons. The van der Waals surface area contributed by atoms with E-state index in [1.54, 1.807) is 0 Å². The van der Waals surface area contributed by atoms with Gasteiger partial charge in [-0.1, -0.05) is 19.1 Å². The molecule has 4 rings (SSSR count). The Hall–Kier alpha value is -2.28. The molecule has 3 aliphatic heterocycles. The second-order valence-electron chi connectivity index (χ2n) is 8.61. The molecule has 30 heavy (non-hydrogen) atoms. The molecule has 1 N–H and O–H groups in total. The van der Waals surface area contributed by atoms with E-state index in [0.29, 0.717) is 19.6 Å². The molecule has 3 amide bonds. The summed E-state index contributed by atoms with van der Waals surface area (Å²) in [6, 6.07) is 7.77. The van der Waals surface area contributed by atoms with Crippen molar-refractivity contribution in [1.29, 1.82) is 0 Å². The lowest BCUT2D eigenvalue weighted by atomic mass is 9.96. The minimum absolute atomic E-state index is 0.00740. The predicted octanol–water partition coefficient (Wildman–Crippen LogP) is 2.71. The van der Waals surface area contributed by atoms with E-state index in [2.05, 4.69) is 17.1 Å². The molecular formula is C23H34N4O3. The van der Waals surface area contributed by atoms with Crippen LogP contribution in [0.1, 0.15) is 39.0 Å². The molecule has 0 bridgehead atoms. The largest absolute Gasteiger partial charge is 0.486 e. The van der Waals surface area contributed by atoms with Gasteiger partial charge in [0.05, 0.1) is 12.2 Å². The van der Waals surface area contributed by atoms with Crippen LogP contribution < -0.4 is 15.0 Å². The Labute approximate surface area is 179 Å². The Kier molecular flexibility index (Phi) is 6.77. The first-order valence-electron chi connectivity index (χ1n) is 11.5. The van der Waals surface area contributed by atoms with Crippen molar-refractivity contribution in [3.63, 3.8) is 0 Å². The summed E-state index contributed by atoms with van der Waals surface area (Å²) in [5.41, 5.74) is 0.842. The Balaban J connectivity index is 1.28. The van der Waals surface area contributed by atoms with E-state index >= 15 is 0 Å². The smallest absolute Gasteiger partial charge is 0.324 e. The SMILES string of the molecule is CC[C@@H]1CN(C(=O)N2CCC(C(=O)NCCN3CCCC3)CC2)c2ccccc2O1. The molecule has 1 aromatic carbocycles. The maximum atomic E-state index is 13.3. The number of anilines is 1. The lowest BCUT2D eigenvalue weighted by Crippen LogP contribution is -2.52. The van der Waals surface area contributed by atoms with Crippen LogP contribution in [-0.2, 0) is 4.79 Å². The van der Waals surface area contributed by atoms with Gasteiger partial charge in [0, 0.05) is 32.1 Å². The zero-order chi connectivity index (χ0) is 20.9. The number of amides is 3. The highest BCUT2D eigenvalue weighted by Gasteiger charge is 2.34. The van der Waals surface area contributed by atoms with Gasteiger partial charge in [0.15, 0.2) is 0 Å². The molecule has 0 unspecified atom stereocenters. The Morgan fingerprint density at radius 2 is 1.83 bits per heavy atom. The summed E-state index contributed by atoms with van der Waals surface area (Å²) in [6.07, 6.45) is 4.87. The molecule has 7 heteroatoms. The van der Waals surface area contributed by atoms with Crippen LogP contribution in [0.3, 0.4) is 0 Å². The van der Waals surface area contributed by atoms with Crippen molar-refractivity contribution in [1.82, 2.24) is 15.1 Å². The van der Waals surface area contributed by atoms with Crippen molar-refractivity contribution in [2.75, 3.05) is 50.7 Å². The summed E-state index contributed by atoms with van der Waals surface area (Å²) in [5.74, 6) is 0.924. The van der Waals surface area contributed by atoms with Gasteiger partial charge < -0.3 is 19.9 Å². The lowest BCUT2D eigenvalue weighted by molar-refractivity contribution is -0.126. The van der Waals surface area contributed by atoms with Gasteiger partial charge in [-0.15, -0.1) is 0 Å². The van der Waals surface area contributed by atoms with Crippen LogP contribution in [0.25, 0.3) is 0 Å². The third kappa shape index (κ3) is 4.72. The topological polar surface area (TPSA) is 65.1 Å². The molecule has 7 nitrogen and oxygen atoms in total. The average molecular weight is 415 g/mol. The van der Waals surface area contributed by atoms with Gasteiger partial charge in [-0.3, -0.25) is 9.69 Å². The summed E-state index contributed by atoms with van der Waals surface area (Å²) in [7, 11) is 0. The third-order valence-corrected chi connectivity index (χ3v) is 6.58. The van der Waals surface area contributed by atoms with Crippen LogP contribution in [0, 0.1) is 5.92 Å². The number of benzene rings is 1. The molecule has 3 aliphatic rings. The first-order chi connectivity index (χ1) is 14.7. The highest BCUT2D eigenvalue weighted by atomic mass is 16.5. The predicted molar refractivity (Wildman–Crippen MR) is 117 cm³/mol. The van der Waals surface area contributed by atoms with E-state index in [-0.39, 0.29) is 24.0 Å². The van der Waals surface area contributed by atoms with E-state index < -0.39 is 0 Å². The molecule has 0 spiro atoms. The van der Waals surface area contributed by atoms with Crippen LogP contribution in [0.5, 0.6) is 5.75 Å². The van der Waals surface area contributed by atoms with Gasteiger partial charge >= 0.3 is 6.03 Å². The van der Waals surface area contributed by atoms with E-state index in [1.165, 1.54) is 12.8 Å². The highest BCUT2D eigenvalue weighted by Crippen LogP contribution is 2.35. The molecule has 1 atom stereocenters. The summed E-state index contributed by atoms with van der Waals surface area (Å²) >= 11 is 0. The van der Waals surface area contributed by atoms with E-state index in [9.17, 15) is 9.59 Å². The fourth-order valence-corrected chi connectivity index (χ4v) is 4.68. The minimum atomic E-state index is 0.00740. The van der Waals surface area contributed by atoms with Gasteiger partial charge in [0.2, 0.25) is 5.91 Å². The molecule has 1 aromatic rings. The zero-order valence-corrected chi connectivity index (χ0v) is 18.0. The molecule has 164 valence electrons. The van der Waals surface area contributed by atoms with Gasteiger partial charge in [0.1, 0.15) is 11.9 Å². The van der Waals surface area contributed by atoms with Crippen molar-refractivity contribution in [2.24, 2.45) is 5.92 Å². The van der Waals surface area contributed by atoms with E-state index in [4.69, 9.17) is 4.74 Å². The number of carbonyl (C=O) groups excluding carboxylic acids is 2. The summed E-state index contributed by atoms with van der Waals surface area (Å²) in [5, 5.41) is 3.10. The number of urea groups is 1. The van der Waals surface area contributed by atoms with E-state index in [1.807, 2.05) is 34.1 Å². The fourth-order valence-electron chi connectivity index (χ4n) is 4.68. The Bertz CT molecular complexity index is 742. The van der Waals surface area contributed by atoms with Crippen molar-refractivity contribution >= 4 is 17.6 Å². The summed E-state index contributed by atoms with van der Waals surface area (Å²) in [4.78, 5) is 31.9. The number of likely N-dealkylation sites (tertiary alicyclic amines) is 2. The van der Waals surface area contributed by atoms with Crippen molar-refractivity contribution in [2.45, 2.75) is 45.1 Å². The Morgan fingerprint density at radius 1 is 1.10 bits per heavy atom. The van der Waals surface area contributed by atoms with Crippen molar-refractivity contribution in [3.05, 3.63) is 24.3 Å². The monoisotopic (exact) mass is 414 g/mol. The van der Waals surface area contributed by atoms with Gasteiger partial charge in [-0.05, 0) is 57.3 Å². The minimum Gasteiger partial charge on any atom is -0.486 e. The highest BCUT2D eigenvalue weighted by molar-refractivity contribution is 5.94. The normalized spacial score (nSPS) is 22.5.